The molecule has 8 rings (SSSR count). The van der Waals surface area contributed by atoms with E-state index in [1.807, 2.05) is 48.5 Å². The highest BCUT2D eigenvalue weighted by molar-refractivity contribution is 6.85. The number of aromatic nitrogens is 2. The van der Waals surface area contributed by atoms with Gasteiger partial charge in [0.2, 0.25) is 0 Å². The van der Waals surface area contributed by atoms with E-state index in [-0.39, 0.29) is 30.6 Å². The van der Waals surface area contributed by atoms with Gasteiger partial charge in [-0.3, -0.25) is 23.5 Å². The summed E-state index contributed by atoms with van der Waals surface area (Å²) < 4.78 is 24.7. The Bertz CT molecular complexity index is 2790. The van der Waals surface area contributed by atoms with Gasteiger partial charge in [0.05, 0.1) is 56.3 Å². The molecule has 2 saturated heterocycles. The molecule has 2 aliphatic rings. The monoisotopic (exact) mass is 1000 g/mol. The van der Waals surface area contributed by atoms with E-state index in [0.717, 1.165) is 101 Å². The third-order valence-electron chi connectivity index (χ3n) is 12.6. The van der Waals surface area contributed by atoms with Crippen LogP contribution in [0.15, 0.2) is 103 Å². The van der Waals surface area contributed by atoms with E-state index in [9.17, 15) is 29.1 Å². The number of Topliss-reactive ketones (excluding diaryl/α,β-unsaturated/α-hetero) is 1. The molecule has 2 fully saturated rings. The summed E-state index contributed by atoms with van der Waals surface area (Å²) in [6.07, 6.45) is 1.41. The highest BCUT2D eigenvalue weighted by Gasteiger charge is 2.17. The molecule has 1 unspecified atom stereocenters. The molecule has 0 radical (unpaired) electrons. The summed E-state index contributed by atoms with van der Waals surface area (Å²) >= 11 is 0. The lowest BCUT2D eigenvalue weighted by molar-refractivity contribution is -0.144. The van der Waals surface area contributed by atoms with Gasteiger partial charge in [0, 0.05) is 92.7 Å². The highest BCUT2D eigenvalue weighted by atomic mass is 36.5. The minimum absolute atomic E-state index is 0.0868. The number of halogens is 2. The van der Waals surface area contributed by atoms with Gasteiger partial charge in [-0.1, -0.05) is 54.6 Å². The first-order valence-corrected chi connectivity index (χ1v) is 24.8. The van der Waals surface area contributed by atoms with Gasteiger partial charge < -0.3 is 43.0 Å². The van der Waals surface area contributed by atoms with Crippen molar-refractivity contribution in [1.29, 1.82) is 0 Å². The number of likely N-dealkylation sites (N-methyl/N-ethyl adjacent to an activating group) is 2. The van der Waals surface area contributed by atoms with Crippen LogP contribution in [0.1, 0.15) is 71.0 Å². The fourth-order valence-corrected chi connectivity index (χ4v) is 8.50. The number of esters is 2. The molecule has 70 heavy (non-hydrogen) atoms. The number of carbonyl (C=O) groups excluding carboxylic acids is 3. The number of carbonyl (C=O) groups is 3. The zero-order chi connectivity index (χ0) is 50.2. The lowest BCUT2D eigenvalue weighted by Crippen LogP contribution is -2.44. The maximum absolute atomic E-state index is 12.4. The number of aliphatic hydroxyl groups excluding tert-OH is 1. The van der Waals surface area contributed by atoms with E-state index < -0.39 is 17.6 Å². The molecular weight excluding hydrogens is 940 g/mol. The SMILES string of the molecule is CC(=O)c1ccc2c(c1)oc(=O)n2Cc1cccc(CC(=O)OCCCN2CCN(C)CC2)c1.CC(O)c1ccc2c(c1)oc(=O)n2Cc1cccc(CC(=O)OCCCN2CCN(C)CC2)c1.ClCl. The maximum Gasteiger partial charge on any atom is 0.420 e. The quantitative estimate of drug-likeness (QED) is 0.0572. The molecule has 1 atom stereocenters. The Morgan fingerprint density at radius 2 is 1.04 bits per heavy atom. The van der Waals surface area contributed by atoms with Crippen LogP contribution in [0.5, 0.6) is 0 Å². The second kappa shape index (κ2) is 26.6. The van der Waals surface area contributed by atoms with Crippen molar-refractivity contribution in [2.24, 2.45) is 0 Å². The number of ether oxygens (including phenoxy) is 2. The largest absolute Gasteiger partial charge is 0.465 e. The van der Waals surface area contributed by atoms with Gasteiger partial charge in [-0.15, -0.1) is 0 Å². The van der Waals surface area contributed by atoms with Crippen molar-refractivity contribution < 1.29 is 37.8 Å². The van der Waals surface area contributed by atoms with Crippen molar-refractivity contribution in [3.8, 4) is 0 Å². The summed E-state index contributed by atoms with van der Waals surface area (Å²) in [5.74, 6) is -1.52. The van der Waals surface area contributed by atoms with Crippen molar-refractivity contribution in [3.05, 3.63) is 139 Å². The lowest BCUT2D eigenvalue weighted by Gasteiger charge is -2.32. The fourth-order valence-electron chi connectivity index (χ4n) is 8.50. The first-order chi connectivity index (χ1) is 33.8. The topological polar surface area (TPSA) is 173 Å². The zero-order valence-electron chi connectivity index (χ0n) is 40.4. The number of fused-ring (bicyclic) bond motifs is 2. The van der Waals surface area contributed by atoms with Crippen LogP contribution in [0.2, 0.25) is 0 Å². The van der Waals surface area contributed by atoms with E-state index in [4.69, 9.17) is 18.3 Å². The molecule has 376 valence electrons. The minimum Gasteiger partial charge on any atom is -0.465 e. The Kier molecular flexibility index (Phi) is 20.4. The normalized spacial score (nSPS) is 15.2. The van der Waals surface area contributed by atoms with Crippen molar-refractivity contribution in [3.63, 3.8) is 0 Å². The van der Waals surface area contributed by atoms with Crippen molar-refractivity contribution >= 4 is 61.6 Å². The molecule has 0 saturated carbocycles. The molecule has 16 nitrogen and oxygen atoms in total. The summed E-state index contributed by atoms with van der Waals surface area (Å²) in [4.78, 5) is 70.5. The van der Waals surface area contributed by atoms with Gasteiger partial charge >= 0.3 is 23.5 Å². The van der Waals surface area contributed by atoms with Crippen LogP contribution < -0.4 is 11.5 Å². The molecule has 4 aromatic carbocycles. The van der Waals surface area contributed by atoms with E-state index >= 15 is 0 Å². The summed E-state index contributed by atoms with van der Waals surface area (Å²) in [6, 6.07) is 25.4. The molecule has 6 aromatic rings. The fraction of sp³-hybridized carbons (Fsp3) is 0.442. The first-order valence-electron chi connectivity index (χ1n) is 23.7. The van der Waals surface area contributed by atoms with Crippen LogP contribution >= 0.6 is 21.7 Å². The summed E-state index contributed by atoms with van der Waals surface area (Å²) in [5, 5.41) is 9.77. The maximum atomic E-state index is 12.4. The number of oxazole rings is 2. The van der Waals surface area contributed by atoms with Crippen molar-refractivity contribution in [2.45, 2.75) is 58.7 Å². The van der Waals surface area contributed by atoms with Crippen LogP contribution in [0, 0.1) is 0 Å². The average molecular weight is 1000 g/mol. The number of rotatable bonds is 18. The van der Waals surface area contributed by atoms with Gasteiger partial charge in [0.1, 0.15) is 0 Å². The molecule has 18 heteroatoms. The molecule has 1 N–H and O–H groups in total. The second-order valence-corrected chi connectivity index (χ2v) is 18.0. The standard InChI is InChI=1S/C26H33N3O5.C26H31N3O5.Cl2/c2*1-19(30)22-7-8-23-24(17-22)34-26(32)29(23)18-21-6-3-5-20(15-21)16-25(31)33-14-4-9-28-12-10-27(2)11-13-28;1-2/h3,5-8,15,17,19,30H,4,9-14,16,18H2,1-2H3;3,5-8,15,17H,4,9-14,16,18H2,1-2H3;. The van der Waals surface area contributed by atoms with Crippen LogP contribution in [-0.2, 0) is 45.0 Å². The van der Waals surface area contributed by atoms with Gasteiger partial charge in [-0.2, -0.15) is 0 Å². The van der Waals surface area contributed by atoms with Gasteiger partial charge in [0.25, 0.3) is 0 Å². The Labute approximate surface area is 417 Å². The number of aliphatic hydroxyl groups is 1. The minimum atomic E-state index is -0.638. The molecule has 2 aromatic heterocycles. The molecule has 4 heterocycles. The first kappa shape index (κ1) is 53.8. The molecular formula is C52H64Cl2N6O10. The summed E-state index contributed by atoms with van der Waals surface area (Å²) in [6.45, 7) is 15.1. The number of nitrogens with zero attached hydrogens (tertiary/aromatic N) is 6. The second-order valence-electron chi connectivity index (χ2n) is 18.0. The summed E-state index contributed by atoms with van der Waals surface area (Å²) in [7, 11) is 12.5. The van der Waals surface area contributed by atoms with Gasteiger partial charge in [0.15, 0.2) is 16.9 Å². The van der Waals surface area contributed by atoms with E-state index in [0.29, 0.717) is 59.6 Å². The van der Waals surface area contributed by atoms with Crippen LogP contribution in [0.25, 0.3) is 22.2 Å². The van der Waals surface area contributed by atoms with Crippen molar-refractivity contribution in [1.82, 2.24) is 28.7 Å². The highest BCUT2D eigenvalue weighted by Crippen LogP contribution is 2.22. The van der Waals surface area contributed by atoms with Crippen LogP contribution in [-0.4, -0.2) is 144 Å². The Hall–Kier alpha value is -5.59. The zero-order valence-corrected chi connectivity index (χ0v) is 42.0. The number of hydrogen-bond donors (Lipinski definition) is 1. The molecule has 0 aliphatic carbocycles. The smallest absolute Gasteiger partial charge is 0.420 e. The van der Waals surface area contributed by atoms with Gasteiger partial charge in [-0.25, -0.2) is 9.59 Å². The number of ketones is 1. The Morgan fingerprint density at radius 1 is 0.614 bits per heavy atom. The number of benzene rings is 4. The third kappa shape index (κ3) is 15.7. The van der Waals surface area contributed by atoms with Crippen LogP contribution in [0.3, 0.4) is 0 Å². The summed E-state index contributed by atoms with van der Waals surface area (Å²) in [5.41, 5.74) is 6.76. The molecule has 0 bridgehead atoms. The van der Waals surface area contributed by atoms with E-state index in [2.05, 4.69) is 55.4 Å². The number of piperazine rings is 2. The Morgan fingerprint density at radius 3 is 1.49 bits per heavy atom. The van der Waals surface area contributed by atoms with E-state index in [1.54, 1.807) is 47.9 Å². The van der Waals surface area contributed by atoms with E-state index in [1.165, 1.54) is 11.5 Å². The number of hydrogen-bond acceptors (Lipinski definition) is 14. The molecule has 2 aliphatic heterocycles. The van der Waals surface area contributed by atoms with Gasteiger partial charge in [-0.05, 0) is 98.9 Å². The average Bonchev–Trinajstić information content (AvgIpc) is 3.83. The third-order valence-corrected chi connectivity index (χ3v) is 12.6. The molecule has 0 spiro atoms. The van der Waals surface area contributed by atoms with Crippen molar-refractivity contribution in [2.75, 3.05) is 92.8 Å². The molecule has 0 amide bonds. The Balaban J connectivity index is 0.000000222. The van der Waals surface area contributed by atoms with Crippen LogP contribution in [0.4, 0.5) is 0 Å². The lowest BCUT2D eigenvalue weighted by atomic mass is 10.1. The predicted octanol–water partition coefficient (Wildman–Crippen LogP) is 6.37. The predicted molar refractivity (Wildman–Crippen MR) is 271 cm³/mol.